The van der Waals surface area contributed by atoms with Crippen molar-refractivity contribution in [3.63, 3.8) is 0 Å². The van der Waals surface area contributed by atoms with E-state index in [0.29, 0.717) is 12.8 Å². The first-order chi connectivity index (χ1) is 6.89. The Labute approximate surface area is 90.0 Å². The van der Waals surface area contributed by atoms with Gasteiger partial charge in [-0.25, -0.2) is 4.79 Å². The Morgan fingerprint density at radius 1 is 1.60 bits per heavy atom. The lowest BCUT2D eigenvalue weighted by atomic mass is 10.2. The van der Waals surface area contributed by atoms with Gasteiger partial charge in [-0.1, -0.05) is 0 Å². The molecule has 1 atom stereocenters. The summed E-state index contributed by atoms with van der Waals surface area (Å²) in [7, 11) is 0. The minimum Gasteiger partial charge on any atom is -0.444 e. The van der Waals surface area contributed by atoms with Crippen LogP contribution < -0.4 is 5.32 Å². The van der Waals surface area contributed by atoms with Crippen molar-refractivity contribution in [2.24, 2.45) is 0 Å². The molecule has 0 radical (unpaired) electrons. The molecule has 2 N–H and O–H groups in total. The van der Waals surface area contributed by atoms with Crippen molar-refractivity contribution in [1.82, 2.24) is 5.32 Å². The van der Waals surface area contributed by atoms with Gasteiger partial charge < -0.3 is 15.2 Å². The number of aliphatic hydroxyl groups excluding tert-OH is 1. The zero-order valence-corrected chi connectivity index (χ0v) is 9.41. The number of nitriles is 1. The summed E-state index contributed by atoms with van der Waals surface area (Å²) in [6.45, 7) is 5.09. The molecule has 5 heteroatoms. The van der Waals surface area contributed by atoms with E-state index < -0.39 is 17.7 Å². The standard InChI is InChI=1S/C10H18N2O3/c1-10(2,3)15-9(14)12-8(7-13)5-4-6-11/h8,13H,4-5,7H2,1-3H3,(H,12,14). The summed E-state index contributed by atoms with van der Waals surface area (Å²) in [6.07, 6.45) is 0.146. The molecule has 0 aliphatic heterocycles. The largest absolute Gasteiger partial charge is 0.444 e. The lowest BCUT2D eigenvalue weighted by Crippen LogP contribution is -2.40. The van der Waals surface area contributed by atoms with Crippen LogP contribution in [0.5, 0.6) is 0 Å². The van der Waals surface area contributed by atoms with E-state index in [0.717, 1.165) is 0 Å². The van der Waals surface area contributed by atoms with Gasteiger partial charge in [0.2, 0.25) is 0 Å². The second kappa shape index (κ2) is 6.25. The Morgan fingerprint density at radius 3 is 2.60 bits per heavy atom. The number of carbonyl (C=O) groups excluding carboxylic acids is 1. The molecule has 0 bridgehead atoms. The van der Waals surface area contributed by atoms with Gasteiger partial charge in [0, 0.05) is 6.42 Å². The van der Waals surface area contributed by atoms with Crippen LogP contribution in [0.2, 0.25) is 0 Å². The fraction of sp³-hybridized carbons (Fsp3) is 0.800. The normalized spacial score (nSPS) is 12.7. The molecule has 0 spiro atoms. The van der Waals surface area contributed by atoms with Crippen molar-refractivity contribution in [2.75, 3.05) is 6.61 Å². The number of carbonyl (C=O) groups is 1. The molecule has 1 unspecified atom stereocenters. The average molecular weight is 214 g/mol. The number of amides is 1. The van der Waals surface area contributed by atoms with E-state index in [2.05, 4.69) is 5.32 Å². The number of hydrogen-bond donors (Lipinski definition) is 2. The molecular formula is C10H18N2O3. The highest BCUT2D eigenvalue weighted by molar-refractivity contribution is 5.68. The Bertz CT molecular complexity index is 240. The fourth-order valence-corrected chi connectivity index (χ4v) is 0.922. The maximum Gasteiger partial charge on any atom is 0.407 e. The number of nitrogens with one attached hydrogen (secondary N) is 1. The zero-order chi connectivity index (χ0) is 11.9. The molecule has 0 saturated carbocycles. The smallest absolute Gasteiger partial charge is 0.407 e. The van der Waals surface area contributed by atoms with E-state index in [9.17, 15) is 4.79 Å². The molecule has 0 heterocycles. The second-order valence-corrected chi connectivity index (χ2v) is 4.22. The van der Waals surface area contributed by atoms with E-state index >= 15 is 0 Å². The molecule has 0 aromatic carbocycles. The number of ether oxygens (including phenoxy) is 1. The molecular weight excluding hydrogens is 196 g/mol. The molecule has 0 aromatic rings. The van der Waals surface area contributed by atoms with E-state index in [4.69, 9.17) is 15.1 Å². The first kappa shape index (κ1) is 13.7. The third kappa shape index (κ3) is 7.77. The summed E-state index contributed by atoms with van der Waals surface area (Å²) < 4.78 is 5.01. The predicted molar refractivity (Wildman–Crippen MR) is 55.1 cm³/mol. The molecule has 5 nitrogen and oxygen atoms in total. The van der Waals surface area contributed by atoms with Crippen molar-refractivity contribution in [1.29, 1.82) is 5.26 Å². The van der Waals surface area contributed by atoms with Crippen molar-refractivity contribution in [3.05, 3.63) is 0 Å². The minimum atomic E-state index is -0.570. The van der Waals surface area contributed by atoms with Crippen molar-refractivity contribution < 1.29 is 14.6 Å². The van der Waals surface area contributed by atoms with Gasteiger partial charge in [-0.3, -0.25) is 0 Å². The van der Waals surface area contributed by atoms with Gasteiger partial charge in [0.1, 0.15) is 5.60 Å². The van der Waals surface area contributed by atoms with Gasteiger partial charge in [0.15, 0.2) is 0 Å². The van der Waals surface area contributed by atoms with Crippen molar-refractivity contribution >= 4 is 6.09 Å². The molecule has 0 rings (SSSR count). The number of nitrogens with zero attached hydrogens (tertiary/aromatic N) is 1. The molecule has 0 aliphatic carbocycles. The fourth-order valence-electron chi connectivity index (χ4n) is 0.922. The minimum absolute atomic E-state index is 0.194. The lowest BCUT2D eigenvalue weighted by molar-refractivity contribution is 0.0480. The Hall–Kier alpha value is -1.28. The number of alkyl carbamates (subject to hydrolysis) is 1. The maximum atomic E-state index is 11.3. The third-order valence-electron chi connectivity index (χ3n) is 1.55. The van der Waals surface area contributed by atoms with Crippen molar-refractivity contribution in [3.8, 4) is 6.07 Å². The summed E-state index contributed by atoms with van der Waals surface area (Å²) >= 11 is 0. The number of rotatable bonds is 4. The van der Waals surface area contributed by atoms with Gasteiger partial charge in [-0.05, 0) is 27.2 Å². The van der Waals surface area contributed by atoms with Crippen LogP contribution in [0.1, 0.15) is 33.6 Å². The van der Waals surface area contributed by atoms with E-state index in [1.165, 1.54) is 0 Å². The lowest BCUT2D eigenvalue weighted by Gasteiger charge is -2.22. The van der Waals surface area contributed by atoms with Crippen LogP contribution in [0.15, 0.2) is 0 Å². The number of hydrogen-bond acceptors (Lipinski definition) is 4. The summed E-state index contributed by atoms with van der Waals surface area (Å²) in [5, 5.41) is 19.8. The predicted octanol–water partition coefficient (Wildman–Crippen LogP) is 1.18. The summed E-state index contributed by atoms with van der Waals surface area (Å²) in [4.78, 5) is 11.3. The maximum absolute atomic E-state index is 11.3. The second-order valence-electron chi connectivity index (χ2n) is 4.22. The topological polar surface area (TPSA) is 82.3 Å². The van der Waals surface area contributed by atoms with Gasteiger partial charge in [-0.15, -0.1) is 0 Å². The van der Waals surface area contributed by atoms with E-state index in [1.807, 2.05) is 6.07 Å². The molecule has 0 aromatic heterocycles. The van der Waals surface area contributed by atoms with Gasteiger partial charge in [-0.2, -0.15) is 5.26 Å². The Balaban J connectivity index is 3.97. The molecule has 0 saturated heterocycles. The number of aliphatic hydroxyl groups is 1. The highest BCUT2D eigenvalue weighted by Gasteiger charge is 2.18. The Kier molecular flexibility index (Phi) is 5.72. The molecule has 1 amide bonds. The molecule has 15 heavy (non-hydrogen) atoms. The van der Waals surface area contributed by atoms with Crippen LogP contribution in [0, 0.1) is 11.3 Å². The van der Waals surface area contributed by atoms with Crippen molar-refractivity contribution in [2.45, 2.75) is 45.3 Å². The summed E-state index contributed by atoms with van der Waals surface area (Å²) in [5.41, 5.74) is -0.556. The first-order valence-electron chi connectivity index (χ1n) is 4.86. The van der Waals surface area contributed by atoms with Crippen LogP contribution in [-0.2, 0) is 4.74 Å². The third-order valence-corrected chi connectivity index (χ3v) is 1.55. The summed E-state index contributed by atoms with van der Waals surface area (Å²) in [5.74, 6) is 0. The molecule has 0 aliphatic rings. The monoisotopic (exact) mass is 214 g/mol. The van der Waals surface area contributed by atoms with E-state index in [-0.39, 0.29) is 6.61 Å². The van der Waals surface area contributed by atoms with Crippen LogP contribution in [0.25, 0.3) is 0 Å². The quantitative estimate of drug-likeness (QED) is 0.736. The van der Waals surface area contributed by atoms with E-state index in [1.54, 1.807) is 20.8 Å². The zero-order valence-electron chi connectivity index (χ0n) is 9.41. The van der Waals surface area contributed by atoms with Crippen LogP contribution >= 0.6 is 0 Å². The molecule has 86 valence electrons. The Morgan fingerprint density at radius 2 is 2.20 bits per heavy atom. The highest BCUT2D eigenvalue weighted by atomic mass is 16.6. The highest BCUT2D eigenvalue weighted by Crippen LogP contribution is 2.07. The summed E-state index contributed by atoms with van der Waals surface area (Å²) in [6, 6.07) is 1.53. The average Bonchev–Trinajstić information content (AvgIpc) is 2.09. The van der Waals surface area contributed by atoms with Gasteiger partial charge >= 0.3 is 6.09 Å². The van der Waals surface area contributed by atoms with Crippen LogP contribution in [0.4, 0.5) is 4.79 Å². The first-order valence-corrected chi connectivity index (χ1v) is 4.86. The SMILES string of the molecule is CC(C)(C)OC(=O)NC(CO)CCC#N. The van der Waals surface area contributed by atoms with Crippen LogP contribution in [-0.4, -0.2) is 29.4 Å². The van der Waals surface area contributed by atoms with Gasteiger partial charge in [0.05, 0.1) is 18.7 Å². The van der Waals surface area contributed by atoms with Gasteiger partial charge in [0.25, 0.3) is 0 Å². The molecule has 0 fully saturated rings. The van der Waals surface area contributed by atoms with Crippen LogP contribution in [0.3, 0.4) is 0 Å².